The minimum atomic E-state index is -3.55. The molecule has 3 rings (SSSR count). The van der Waals surface area contributed by atoms with Crippen molar-refractivity contribution >= 4 is 26.8 Å². The first kappa shape index (κ1) is 19.8. The van der Waals surface area contributed by atoms with Crippen molar-refractivity contribution in [3.05, 3.63) is 71.4 Å². The lowest BCUT2D eigenvalue weighted by Crippen LogP contribution is -2.30. The van der Waals surface area contributed by atoms with E-state index in [1.807, 2.05) is 60.2 Å². The summed E-state index contributed by atoms with van der Waals surface area (Å²) in [5, 5.41) is 1.08. The molecule has 2 aromatic carbocycles. The van der Waals surface area contributed by atoms with E-state index in [0.29, 0.717) is 6.61 Å². The predicted molar refractivity (Wildman–Crippen MR) is 109 cm³/mol. The molecule has 28 heavy (non-hydrogen) atoms. The predicted octanol–water partition coefficient (Wildman–Crippen LogP) is 2.99. The van der Waals surface area contributed by atoms with E-state index in [1.54, 1.807) is 6.07 Å². The van der Waals surface area contributed by atoms with Gasteiger partial charge < -0.3 is 4.74 Å². The zero-order chi connectivity index (χ0) is 20.1. The second kappa shape index (κ2) is 8.39. The number of ether oxygens (including phenoxy) is 1. The number of benzene rings is 2. The molecule has 7 heteroatoms. The van der Waals surface area contributed by atoms with Gasteiger partial charge in [0.1, 0.15) is 12.4 Å². The molecule has 0 aliphatic rings. The SMILES string of the molecule is CCc1cc(CC(=O)NS(C)(=O)=O)ccc1OCc1ccc2ccccc2n1. The van der Waals surface area contributed by atoms with Crippen LogP contribution in [0.5, 0.6) is 5.75 Å². The summed E-state index contributed by atoms with van der Waals surface area (Å²) in [4.78, 5) is 16.4. The summed E-state index contributed by atoms with van der Waals surface area (Å²) in [6.45, 7) is 2.34. The lowest BCUT2D eigenvalue weighted by atomic mass is 10.1. The molecule has 0 atom stereocenters. The van der Waals surface area contributed by atoms with Crippen molar-refractivity contribution in [1.29, 1.82) is 0 Å². The fourth-order valence-electron chi connectivity index (χ4n) is 2.93. The van der Waals surface area contributed by atoms with Crippen LogP contribution in [-0.2, 0) is 34.3 Å². The summed E-state index contributed by atoms with van der Waals surface area (Å²) in [7, 11) is -3.55. The van der Waals surface area contributed by atoms with Gasteiger partial charge >= 0.3 is 0 Å². The van der Waals surface area contributed by atoms with E-state index in [2.05, 4.69) is 4.98 Å². The lowest BCUT2D eigenvalue weighted by molar-refractivity contribution is -0.118. The number of para-hydroxylation sites is 1. The zero-order valence-corrected chi connectivity index (χ0v) is 16.6. The average molecular weight is 398 g/mol. The molecule has 0 aliphatic carbocycles. The van der Waals surface area contributed by atoms with E-state index in [0.717, 1.165) is 46.1 Å². The Morgan fingerprint density at radius 2 is 1.89 bits per heavy atom. The summed E-state index contributed by atoms with van der Waals surface area (Å²) < 4.78 is 30.2. The van der Waals surface area contributed by atoms with E-state index >= 15 is 0 Å². The first-order chi connectivity index (χ1) is 13.3. The third-order valence-electron chi connectivity index (χ3n) is 4.20. The van der Waals surface area contributed by atoms with Crippen molar-refractivity contribution in [1.82, 2.24) is 9.71 Å². The topological polar surface area (TPSA) is 85.4 Å². The first-order valence-corrected chi connectivity index (χ1v) is 10.8. The largest absolute Gasteiger partial charge is 0.487 e. The van der Waals surface area contributed by atoms with Crippen LogP contribution in [0.1, 0.15) is 23.7 Å². The molecule has 1 N–H and O–H groups in total. The van der Waals surface area contributed by atoms with Gasteiger partial charge in [-0.15, -0.1) is 0 Å². The molecular weight excluding hydrogens is 376 g/mol. The number of hydrogen-bond acceptors (Lipinski definition) is 5. The first-order valence-electron chi connectivity index (χ1n) is 8.94. The van der Waals surface area contributed by atoms with Crippen LogP contribution >= 0.6 is 0 Å². The van der Waals surface area contributed by atoms with Crippen molar-refractivity contribution in [2.75, 3.05) is 6.26 Å². The Labute approximate surface area is 164 Å². The third-order valence-corrected chi connectivity index (χ3v) is 4.80. The Hall–Kier alpha value is -2.93. The molecule has 0 spiro atoms. The molecule has 1 heterocycles. The van der Waals surface area contributed by atoms with Crippen LogP contribution in [0, 0.1) is 0 Å². The Kier molecular flexibility index (Phi) is 5.94. The fourth-order valence-corrected chi connectivity index (χ4v) is 3.41. The zero-order valence-electron chi connectivity index (χ0n) is 15.8. The maximum atomic E-state index is 11.8. The molecular formula is C21H22N2O4S. The van der Waals surface area contributed by atoms with Crippen LogP contribution < -0.4 is 9.46 Å². The van der Waals surface area contributed by atoms with Gasteiger partial charge in [-0.2, -0.15) is 0 Å². The van der Waals surface area contributed by atoms with Crippen molar-refractivity contribution in [2.24, 2.45) is 0 Å². The summed E-state index contributed by atoms with van der Waals surface area (Å²) in [6.07, 6.45) is 1.68. The molecule has 146 valence electrons. The van der Waals surface area contributed by atoms with Crippen LogP contribution in [-0.4, -0.2) is 25.6 Å². The highest BCUT2D eigenvalue weighted by molar-refractivity contribution is 7.89. The van der Waals surface area contributed by atoms with Gasteiger partial charge in [0, 0.05) is 5.39 Å². The molecule has 6 nitrogen and oxygen atoms in total. The van der Waals surface area contributed by atoms with Gasteiger partial charge in [-0.3, -0.25) is 9.52 Å². The molecule has 1 aromatic heterocycles. The second-order valence-electron chi connectivity index (χ2n) is 6.55. The quantitative estimate of drug-likeness (QED) is 0.661. The van der Waals surface area contributed by atoms with Gasteiger partial charge in [0.2, 0.25) is 15.9 Å². The molecule has 0 saturated carbocycles. The van der Waals surface area contributed by atoms with Gasteiger partial charge in [0.05, 0.1) is 23.9 Å². The smallest absolute Gasteiger partial charge is 0.237 e. The highest BCUT2D eigenvalue weighted by atomic mass is 32.2. The number of aromatic nitrogens is 1. The van der Waals surface area contributed by atoms with Crippen molar-refractivity contribution in [3.8, 4) is 5.75 Å². The lowest BCUT2D eigenvalue weighted by Gasteiger charge is -2.12. The summed E-state index contributed by atoms with van der Waals surface area (Å²) >= 11 is 0. The van der Waals surface area contributed by atoms with Crippen LogP contribution in [0.15, 0.2) is 54.6 Å². The van der Waals surface area contributed by atoms with Crippen LogP contribution in [0.2, 0.25) is 0 Å². The summed E-state index contributed by atoms with van der Waals surface area (Å²) in [5.41, 5.74) is 3.43. The number of carbonyl (C=O) groups is 1. The Morgan fingerprint density at radius 3 is 2.64 bits per heavy atom. The number of nitrogens with one attached hydrogen (secondary N) is 1. The maximum Gasteiger partial charge on any atom is 0.237 e. The molecule has 0 aliphatic heterocycles. The number of nitrogens with zero attached hydrogens (tertiary/aromatic N) is 1. The van der Waals surface area contributed by atoms with Crippen LogP contribution in [0.3, 0.4) is 0 Å². The van der Waals surface area contributed by atoms with E-state index in [9.17, 15) is 13.2 Å². The number of aryl methyl sites for hydroxylation is 1. The minimum Gasteiger partial charge on any atom is -0.487 e. The van der Waals surface area contributed by atoms with E-state index in [1.165, 1.54) is 0 Å². The average Bonchev–Trinajstić information content (AvgIpc) is 2.65. The summed E-state index contributed by atoms with van der Waals surface area (Å²) in [5.74, 6) is 0.170. The highest BCUT2D eigenvalue weighted by Gasteiger charge is 2.11. The maximum absolute atomic E-state index is 11.8. The van der Waals surface area contributed by atoms with E-state index < -0.39 is 15.9 Å². The Bertz CT molecular complexity index is 1110. The van der Waals surface area contributed by atoms with Crippen LogP contribution in [0.4, 0.5) is 0 Å². The van der Waals surface area contributed by atoms with Gasteiger partial charge in [0.25, 0.3) is 0 Å². The van der Waals surface area contributed by atoms with Crippen molar-refractivity contribution in [3.63, 3.8) is 0 Å². The molecule has 0 saturated heterocycles. The standard InChI is InChI=1S/C21H22N2O4S/c1-3-16-12-15(13-21(24)23-28(2,25)26)8-11-20(16)27-14-18-10-9-17-6-4-5-7-19(17)22-18/h4-12H,3,13-14H2,1-2H3,(H,23,24). The molecule has 1 amide bonds. The number of hydrogen-bond donors (Lipinski definition) is 1. The molecule has 0 unspecified atom stereocenters. The molecule has 0 fully saturated rings. The number of sulfonamides is 1. The highest BCUT2D eigenvalue weighted by Crippen LogP contribution is 2.23. The minimum absolute atomic E-state index is 0.00736. The summed E-state index contributed by atoms with van der Waals surface area (Å²) in [6, 6.07) is 17.3. The van der Waals surface area contributed by atoms with Gasteiger partial charge in [-0.1, -0.05) is 43.3 Å². The molecule has 0 bridgehead atoms. The number of amides is 1. The van der Waals surface area contributed by atoms with Gasteiger partial charge in [-0.25, -0.2) is 13.4 Å². The number of rotatable bonds is 7. The van der Waals surface area contributed by atoms with Crippen molar-refractivity contribution < 1.29 is 17.9 Å². The normalized spacial score (nSPS) is 11.4. The monoisotopic (exact) mass is 398 g/mol. The Morgan fingerprint density at radius 1 is 1.11 bits per heavy atom. The Balaban J connectivity index is 1.70. The van der Waals surface area contributed by atoms with Crippen LogP contribution in [0.25, 0.3) is 10.9 Å². The van der Waals surface area contributed by atoms with E-state index in [4.69, 9.17) is 4.74 Å². The molecule has 0 radical (unpaired) electrons. The van der Waals surface area contributed by atoms with Gasteiger partial charge in [0.15, 0.2) is 0 Å². The number of carbonyl (C=O) groups excluding carboxylic acids is 1. The second-order valence-corrected chi connectivity index (χ2v) is 8.30. The number of fused-ring (bicyclic) bond motifs is 1. The fraction of sp³-hybridized carbons (Fsp3) is 0.238. The van der Waals surface area contributed by atoms with Crippen molar-refractivity contribution in [2.45, 2.75) is 26.4 Å². The number of pyridine rings is 1. The third kappa shape index (κ3) is 5.29. The van der Waals surface area contributed by atoms with Gasteiger partial charge in [-0.05, 0) is 35.7 Å². The van der Waals surface area contributed by atoms with E-state index in [-0.39, 0.29) is 6.42 Å². The molecule has 3 aromatic rings.